The summed E-state index contributed by atoms with van der Waals surface area (Å²) in [5.74, 6) is 0. The third-order valence-electron chi connectivity index (χ3n) is 1.74. The van der Waals surface area contributed by atoms with Gasteiger partial charge in [0.05, 0.1) is 6.07 Å². The zero-order valence-corrected chi connectivity index (χ0v) is 7.86. The van der Waals surface area contributed by atoms with Crippen LogP contribution in [0.2, 0.25) is 0 Å². The van der Waals surface area contributed by atoms with Gasteiger partial charge in [-0.2, -0.15) is 5.26 Å². The molecule has 0 radical (unpaired) electrons. The first-order valence-electron chi connectivity index (χ1n) is 4.07. The standard InChI is InChI=1S/C11H12N2/c1-13(2)11-7-3-5-10(9-11)6-4-8-12/h3-7,9H,1-2H3/b6-4+. The van der Waals surface area contributed by atoms with Crippen molar-refractivity contribution in [1.29, 1.82) is 5.26 Å². The molecule has 0 saturated carbocycles. The Hall–Kier alpha value is -1.75. The van der Waals surface area contributed by atoms with Gasteiger partial charge >= 0.3 is 0 Å². The van der Waals surface area contributed by atoms with Crippen LogP contribution in [0, 0.1) is 11.3 Å². The Labute approximate surface area is 78.7 Å². The fourth-order valence-electron chi connectivity index (χ4n) is 1.04. The normalized spacial score (nSPS) is 9.92. The highest BCUT2D eigenvalue weighted by Crippen LogP contribution is 2.14. The second-order valence-corrected chi connectivity index (χ2v) is 2.95. The van der Waals surface area contributed by atoms with Crippen LogP contribution >= 0.6 is 0 Å². The van der Waals surface area contributed by atoms with Crippen molar-refractivity contribution < 1.29 is 0 Å². The Morgan fingerprint density at radius 2 is 2.15 bits per heavy atom. The van der Waals surface area contributed by atoms with E-state index in [0.717, 1.165) is 11.3 Å². The van der Waals surface area contributed by atoms with Crippen molar-refractivity contribution in [3.63, 3.8) is 0 Å². The number of hydrogen-bond donors (Lipinski definition) is 0. The molecule has 0 spiro atoms. The van der Waals surface area contributed by atoms with Crippen molar-refractivity contribution in [3.05, 3.63) is 35.9 Å². The number of nitrogens with zero attached hydrogens (tertiary/aromatic N) is 2. The summed E-state index contributed by atoms with van der Waals surface area (Å²) < 4.78 is 0. The molecule has 0 amide bonds. The summed E-state index contributed by atoms with van der Waals surface area (Å²) in [5, 5.41) is 8.36. The molecule has 0 aliphatic rings. The lowest BCUT2D eigenvalue weighted by Gasteiger charge is -2.12. The number of anilines is 1. The lowest BCUT2D eigenvalue weighted by Crippen LogP contribution is -2.08. The van der Waals surface area contributed by atoms with Gasteiger partial charge < -0.3 is 4.90 Å². The van der Waals surface area contributed by atoms with Crippen LogP contribution in [0.5, 0.6) is 0 Å². The molecule has 0 N–H and O–H groups in total. The van der Waals surface area contributed by atoms with E-state index in [9.17, 15) is 0 Å². The third kappa shape index (κ3) is 2.64. The van der Waals surface area contributed by atoms with Gasteiger partial charge in [0.25, 0.3) is 0 Å². The Bertz CT molecular complexity index is 345. The van der Waals surface area contributed by atoms with E-state index < -0.39 is 0 Å². The van der Waals surface area contributed by atoms with Gasteiger partial charge in [0, 0.05) is 25.9 Å². The predicted molar refractivity (Wildman–Crippen MR) is 55.4 cm³/mol. The molecular formula is C11H12N2. The maximum atomic E-state index is 8.36. The van der Waals surface area contributed by atoms with E-state index in [1.807, 2.05) is 49.3 Å². The number of benzene rings is 1. The molecule has 2 heteroatoms. The van der Waals surface area contributed by atoms with Crippen molar-refractivity contribution in [2.75, 3.05) is 19.0 Å². The average molecular weight is 172 g/mol. The molecule has 0 unspecified atom stereocenters. The smallest absolute Gasteiger partial charge is 0.0912 e. The lowest BCUT2D eigenvalue weighted by molar-refractivity contribution is 1.13. The Morgan fingerprint density at radius 3 is 2.77 bits per heavy atom. The first-order chi connectivity index (χ1) is 6.24. The SMILES string of the molecule is CN(C)c1cccc(/C=C/C#N)c1. The predicted octanol–water partition coefficient (Wildman–Crippen LogP) is 2.29. The van der Waals surface area contributed by atoms with Gasteiger partial charge in [-0.3, -0.25) is 0 Å². The lowest BCUT2D eigenvalue weighted by atomic mass is 10.2. The highest BCUT2D eigenvalue weighted by molar-refractivity contribution is 5.59. The van der Waals surface area contributed by atoms with Crippen LogP contribution < -0.4 is 4.90 Å². The van der Waals surface area contributed by atoms with E-state index >= 15 is 0 Å². The van der Waals surface area contributed by atoms with E-state index in [4.69, 9.17) is 5.26 Å². The van der Waals surface area contributed by atoms with Crippen LogP contribution in [-0.4, -0.2) is 14.1 Å². The quantitative estimate of drug-likeness (QED) is 0.640. The average Bonchev–Trinajstić information content (AvgIpc) is 2.15. The summed E-state index contributed by atoms with van der Waals surface area (Å²) >= 11 is 0. The fraction of sp³-hybridized carbons (Fsp3) is 0.182. The Balaban J connectivity index is 2.93. The van der Waals surface area contributed by atoms with E-state index in [0.29, 0.717) is 0 Å². The first-order valence-corrected chi connectivity index (χ1v) is 4.07. The van der Waals surface area contributed by atoms with Gasteiger partial charge in [-0.25, -0.2) is 0 Å². The monoisotopic (exact) mass is 172 g/mol. The molecule has 0 aliphatic carbocycles. The number of hydrogen-bond acceptors (Lipinski definition) is 2. The van der Waals surface area contributed by atoms with Crippen LogP contribution in [0.3, 0.4) is 0 Å². The van der Waals surface area contributed by atoms with E-state index in [1.54, 1.807) is 6.08 Å². The minimum Gasteiger partial charge on any atom is -0.378 e. The molecule has 2 nitrogen and oxygen atoms in total. The molecule has 0 bridgehead atoms. The summed E-state index contributed by atoms with van der Waals surface area (Å²) in [6.45, 7) is 0. The van der Waals surface area contributed by atoms with Crippen molar-refractivity contribution >= 4 is 11.8 Å². The highest BCUT2D eigenvalue weighted by Gasteiger charge is 1.93. The molecule has 1 aromatic carbocycles. The van der Waals surface area contributed by atoms with E-state index in [1.165, 1.54) is 6.08 Å². The summed E-state index contributed by atoms with van der Waals surface area (Å²) in [6.07, 6.45) is 3.28. The Morgan fingerprint density at radius 1 is 1.38 bits per heavy atom. The van der Waals surface area contributed by atoms with Crippen LogP contribution in [-0.2, 0) is 0 Å². The molecule has 1 aromatic rings. The Kier molecular flexibility index (Phi) is 3.10. The zero-order chi connectivity index (χ0) is 9.68. The van der Waals surface area contributed by atoms with E-state index in [2.05, 4.69) is 0 Å². The molecule has 66 valence electrons. The molecule has 0 saturated heterocycles. The largest absolute Gasteiger partial charge is 0.378 e. The zero-order valence-electron chi connectivity index (χ0n) is 7.86. The molecule has 0 aliphatic heterocycles. The molecule has 1 rings (SSSR count). The number of rotatable bonds is 2. The fourth-order valence-corrected chi connectivity index (χ4v) is 1.04. The molecular weight excluding hydrogens is 160 g/mol. The van der Waals surface area contributed by atoms with Crippen LogP contribution in [0.15, 0.2) is 30.3 Å². The summed E-state index contributed by atoms with van der Waals surface area (Å²) in [7, 11) is 3.99. The second kappa shape index (κ2) is 4.32. The minimum absolute atomic E-state index is 1.05. The second-order valence-electron chi connectivity index (χ2n) is 2.95. The van der Waals surface area contributed by atoms with Gasteiger partial charge in [-0.05, 0) is 23.8 Å². The number of nitriles is 1. The minimum atomic E-state index is 1.05. The van der Waals surface area contributed by atoms with Gasteiger partial charge in [0.2, 0.25) is 0 Å². The van der Waals surface area contributed by atoms with E-state index in [-0.39, 0.29) is 0 Å². The van der Waals surface area contributed by atoms with Gasteiger partial charge in [-0.1, -0.05) is 12.1 Å². The summed E-state index contributed by atoms with van der Waals surface area (Å²) in [5.41, 5.74) is 2.19. The maximum Gasteiger partial charge on any atom is 0.0912 e. The molecule has 0 aromatic heterocycles. The van der Waals surface area contributed by atoms with Crippen LogP contribution in [0.1, 0.15) is 5.56 Å². The summed E-state index contributed by atoms with van der Waals surface area (Å²) in [4.78, 5) is 2.03. The first kappa shape index (κ1) is 9.34. The third-order valence-corrected chi connectivity index (χ3v) is 1.74. The highest BCUT2D eigenvalue weighted by atomic mass is 15.1. The molecule has 0 fully saturated rings. The van der Waals surface area contributed by atoms with Crippen LogP contribution in [0.4, 0.5) is 5.69 Å². The topological polar surface area (TPSA) is 27.0 Å². The molecule has 13 heavy (non-hydrogen) atoms. The van der Waals surface area contributed by atoms with Crippen molar-refractivity contribution in [1.82, 2.24) is 0 Å². The van der Waals surface area contributed by atoms with Crippen molar-refractivity contribution in [2.24, 2.45) is 0 Å². The molecule has 0 heterocycles. The van der Waals surface area contributed by atoms with Crippen molar-refractivity contribution in [2.45, 2.75) is 0 Å². The summed E-state index contributed by atoms with van der Waals surface area (Å²) in [6, 6.07) is 9.99. The molecule has 0 atom stereocenters. The number of allylic oxidation sites excluding steroid dienone is 1. The van der Waals surface area contributed by atoms with Gasteiger partial charge in [0.1, 0.15) is 0 Å². The maximum absolute atomic E-state index is 8.36. The van der Waals surface area contributed by atoms with Gasteiger partial charge in [0.15, 0.2) is 0 Å². The van der Waals surface area contributed by atoms with Crippen LogP contribution in [0.25, 0.3) is 6.08 Å². The van der Waals surface area contributed by atoms with Crippen molar-refractivity contribution in [3.8, 4) is 6.07 Å². The van der Waals surface area contributed by atoms with Gasteiger partial charge in [-0.15, -0.1) is 0 Å².